The molecule has 3 aromatic rings. The Bertz CT molecular complexity index is 1160. The van der Waals surface area contributed by atoms with Gasteiger partial charge in [-0.15, -0.1) is 11.3 Å². The Kier molecular flexibility index (Phi) is 5.81. The maximum Gasteiger partial charge on any atom is 0.263 e. The van der Waals surface area contributed by atoms with Crippen LogP contribution in [0.2, 0.25) is 0 Å². The zero-order valence-corrected chi connectivity index (χ0v) is 18.3. The molecular weight excluding hydrogens is 396 g/mol. The number of hydrazone groups is 1. The number of rotatable bonds is 5. The Morgan fingerprint density at radius 2 is 1.93 bits per heavy atom. The molecule has 0 aliphatic heterocycles. The maximum atomic E-state index is 13.1. The van der Waals surface area contributed by atoms with Crippen LogP contribution < -0.4 is 11.0 Å². The average Bonchev–Trinajstić information content (AvgIpc) is 3.13. The lowest BCUT2D eigenvalue weighted by atomic mass is 9.97. The molecule has 1 N–H and O–H groups in total. The molecule has 0 spiro atoms. The largest absolute Gasteiger partial charge is 0.286 e. The minimum Gasteiger partial charge on any atom is -0.286 e. The number of hydrogen-bond acceptors (Lipinski definition) is 5. The summed E-state index contributed by atoms with van der Waals surface area (Å²) in [5, 5.41) is 4.74. The van der Waals surface area contributed by atoms with Crippen LogP contribution >= 0.6 is 11.3 Å². The average molecular weight is 423 g/mol. The van der Waals surface area contributed by atoms with Crippen molar-refractivity contribution < 1.29 is 4.79 Å². The molecule has 2 aromatic heterocycles. The number of nitrogens with one attached hydrogen (secondary N) is 1. The second kappa shape index (κ2) is 8.52. The zero-order chi connectivity index (χ0) is 21.3. The van der Waals surface area contributed by atoms with Gasteiger partial charge in [0.25, 0.3) is 11.5 Å². The minimum absolute atomic E-state index is 0.143. The fraction of sp³-hybridized carbons (Fsp3) is 0.391. The second-order valence-corrected chi connectivity index (χ2v) is 9.16. The highest BCUT2D eigenvalue weighted by Crippen LogP contribution is 2.33. The van der Waals surface area contributed by atoms with Crippen LogP contribution in [0.3, 0.4) is 0 Å². The van der Waals surface area contributed by atoms with Gasteiger partial charge in [-0.3, -0.25) is 14.2 Å². The summed E-state index contributed by atoms with van der Waals surface area (Å²) in [5.74, 6) is 0.118. The third kappa shape index (κ3) is 3.94. The number of amides is 1. The Morgan fingerprint density at radius 1 is 1.20 bits per heavy atom. The van der Waals surface area contributed by atoms with E-state index in [-0.39, 0.29) is 11.5 Å². The highest BCUT2D eigenvalue weighted by molar-refractivity contribution is 7.18. The van der Waals surface area contributed by atoms with Gasteiger partial charge in [-0.25, -0.2) is 10.4 Å². The molecule has 0 bridgehead atoms. The van der Waals surface area contributed by atoms with Crippen molar-refractivity contribution in [1.29, 1.82) is 0 Å². The predicted octanol–water partition coefficient (Wildman–Crippen LogP) is 4.17. The number of aromatic nitrogens is 2. The van der Waals surface area contributed by atoms with Gasteiger partial charge in [0, 0.05) is 4.88 Å². The molecule has 0 radical (unpaired) electrons. The SMILES string of the molecule is CC(C)c1ccc(/C=N/NC(=O)[C@@H](C)n2cnc3sc4c(c3c2=O)CCCC4)cc1. The monoisotopic (exact) mass is 422 g/mol. The van der Waals surface area contributed by atoms with E-state index in [2.05, 4.69) is 41.5 Å². The van der Waals surface area contributed by atoms with Crippen molar-refractivity contribution in [3.8, 4) is 0 Å². The molecule has 1 amide bonds. The van der Waals surface area contributed by atoms with Crippen molar-refractivity contribution in [3.63, 3.8) is 0 Å². The smallest absolute Gasteiger partial charge is 0.263 e. The first-order valence-electron chi connectivity index (χ1n) is 10.4. The molecule has 0 unspecified atom stereocenters. The molecule has 1 aromatic carbocycles. The third-order valence-corrected chi connectivity index (χ3v) is 6.89. The number of fused-ring (bicyclic) bond motifs is 3. The van der Waals surface area contributed by atoms with E-state index >= 15 is 0 Å². The molecule has 2 heterocycles. The van der Waals surface area contributed by atoms with Crippen molar-refractivity contribution in [2.24, 2.45) is 5.10 Å². The van der Waals surface area contributed by atoms with Crippen LogP contribution in [0, 0.1) is 0 Å². The van der Waals surface area contributed by atoms with Gasteiger partial charge >= 0.3 is 0 Å². The van der Waals surface area contributed by atoms with E-state index in [9.17, 15) is 9.59 Å². The number of thiophene rings is 1. The highest BCUT2D eigenvalue weighted by Gasteiger charge is 2.23. The van der Waals surface area contributed by atoms with Crippen molar-refractivity contribution >= 4 is 33.7 Å². The Labute approximate surface area is 179 Å². The Balaban J connectivity index is 1.50. The number of hydrogen-bond donors (Lipinski definition) is 1. The van der Waals surface area contributed by atoms with E-state index in [1.807, 2.05) is 12.1 Å². The van der Waals surface area contributed by atoms with E-state index in [1.54, 1.807) is 24.5 Å². The molecule has 30 heavy (non-hydrogen) atoms. The molecule has 6 nitrogen and oxygen atoms in total. The van der Waals surface area contributed by atoms with E-state index < -0.39 is 6.04 Å². The summed E-state index contributed by atoms with van der Waals surface area (Å²) in [6.45, 7) is 5.98. The minimum atomic E-state index is -0.700. The fourth-order valence-corrected chi connectivity index (χ4v) is 5.01. The Morgan fingerprint density at radius 3 is 2.67 bits per heavy atom. The number of carbonyl (C=O) groups is 1. The summed E-state index contributed by atoms with van der Waals surface area (Å²) >= 11 is 1.61. The summed E-state index contributed by atoms with van der Waals surface area (Å²) in [6, 6.07) is 7.35. The first-order chi connectivity index (χ1) is 14.5. The van der Waals surface area contributed by atoms with E-state index in [1.165, 1.54) is 21.3 Å². The summed E-state index contributed by atoms with van der Waals surface area (Å²) in [5.41, 5.74) is 5.68. The molecule has 0 fully saturated rings. The topological polar surface area (TPSA) is 76.3 Å². The third-order valence-electron chi connectivity index (χ3n) is 5.69. The normalized spacial score (nSPS) is 14.9. The van der Waals surface area contributed by atoms with Crippen LogP contribution in [-0.2, 0) is 17.6 Å². The molecule has 1 atom stereocenters. The van der Waals surface area contributed by atoms with Gasteiger partial charge in [0.05, 0.1) is 17.9 Å². The van der Waals surface area contributed by atoms with E-state index in [0.717, 1.165) is 41.6 Å². The molecule has 7 heteroatoms. The van der Waals surface area contributed by atoms with Crippen molar-refractivity contribution in [3.05, 3.63) is 62.5 Å². The van der Waals surface area contributed by atoms with Gasteiger partial charge in [0.1, 0.15) is 10.9 Å². The summed E-state index contributed by atoms with van der Waals surface area (Å²) in [4.78, 5) is 32.2. The van der Waals surface area contributed by atoms with Crippen LogP contribution in [0.15, 0.2) is 40.5 Å². The quantitative estimate of drug-likeness (QED) is 0.495. The second-order valence-electron chi connectivity index (χ2n) is 8.08. The van der Waals surface area contributed by atoms with Crippen molar-refractivity contribution in [1.82, 2.24) is 15.0 Å². The first-order valence-corrected chi connectivity index (χ1v) is 11.2. The van der Waals surface area contributed by atoms with Crippen LogP contribution in [0.1, 0.15) is 67.1 Å². The van der Waals surface area contributed by atoms with E-state index in [0.29, 0.717) is 11.3 Å². The van der Waals surface area contributed by atoms with Crippen LogP contribution in [0.5, 0.6) is 0 Å². The van der Waals surface area contributed by atoms with Gasteiger partial charge in [0.15, 0.2) is 0 Å². The molecular formula is C23H26N4O2S. The fourth-order valence-electron chi connectivity index (χ4n) is 3.79. The zero-order valence-electron chi connectivity index (χ0n) is 17.5. The lowest BCUT2D eigenvalue weighted by molar-refractivity contribution is -0.123. The van der Waals surface area contributed by atoms with Crippen LogP contribution in [0.25, 0.3) is 10.2 Å². The Hall–Kier alpha value is -2.80. The van der Waals surface area contributed by atoms with Gasteiger partial charge in [-0.1, -0.05) is 38.1 Å². The van der Waals surface area contributed by atoms with Gasteiger partial charge in [-0.2, -0.15) is 5.10 Å². The lowest BCUT2D eigenvalue weighted by Gasteiger charge is -2.14. The lowest BCUT2D eigenvalue weighted by Crippen LogP contribution is -2.34. The summed E-state index contributed by atoms with van der Waals surface area (Å²) in [6.07, 6.45) is 7.26. The number of carbonyl (C=O) groups excluding carboxylic acids is 1. The molecule has 0 saturated heterocycles. The number of benzene rings is 1. The summed E-state index contributed by atoms with van der Waals surface area (Å²) < 4.78 is 1.41. The standard InChI is InChI=1S/C23H26N4O2S/c1-14(2)17-10-8-16(9-11-17)12-25-26-21(28)15(3)27-13-24-22-20(23(27)29)18-6-4-5-7-19(18)30-22/h8-15H,4-7H2,1-3H3,(H,26,28)/b25-12+/t15-/m1/s1. The first kappa shape index (κ1) is 20.5. The van der Waals surface area contributed by atoms with Crippen LogP contribution in [-0.4, -0.2) is 21.7 Å². The molecule has 0 saturated carbocycles. The van der Waals surface area contributed by atoms with Crippen molar-refractivity contribution in [2.45, 2.75) is 58.4 Å². The maximum absolute atomic E-state index is 13.1. The number of nitrogens with zero attached hydrogens (tertiary/aromatic N) is 3. The van der Waals surface area contributed by atoms with E-state index in [4.69, 9.17) is 0 Å². The predicted molar refractivity (Wildman–Crippen MR) is 122 cm³/mol. The molecule has 1 aliphatic rings. The molecule has 156 valence electrons. The van der Waals surface area contributed by atoms with Gasteiger partial charge in [0.2, 0.25) is 0 Å². The molecule has 4 rings (SSSR count). The van der Waals surface area contributed by atoms with Crippen LogP contribution in [0.4, 0.5) is 0 Å². The van der Waals surface area contributed by atoms with Crippen molar-refractivity contribution in [2.75, 3.05) is 0 Å². The molecule has 1 aliphatic carbocycles. The highest BCUT2D eigenvalue weighted by atomic mass is 32.1. The van der Waals surface area contributed by atoms with Gasteiger partial charge in [-0.05, 0) is 55.2 Å². The van der Waals surface area contributed by atoms with Gasteiger partial charge < -0.3 is 0 Å². The number of aryl methyl sites for hydroxylation is 2. The summed E-state index contributed by atoms with van der Waals surface area (Å²) in [7, 11) is 0.